The van der Waals surface area contributed by atoms with E-state index in [1.165, 1.54) is 12.1 Å². The number of amides is 1. The molecule has 0 bridgehead atoms. The number of carbonyl (C=O) groups excluding carboxylic acids is 1. The van der Waals surface area contributed by atoms with E-state index in [1.54, 1.807) is 36.4 Å². The minimum Gasteiger partial charge on any atom is -0.494 e. The molecule has 0 radical (unpaired) electrons. The van der Waals surface area contributed by atoms with Crippen LogP contribution >= 0.6 is 0 Å². The fraction of sp³-hybridized carbons (Fsp3) is 0.208. The zero-order valence-electron chi connectivity index (χ0n) is 17.6. The minimum absolute atomic E-state index is 0.135. The van der Waals surface area contributed by atoms with Gasteiger partial charge in [-0.3, -0.25) is 9.10 Å². The molecule has 0 aromatic heterocycles. The molecule has 1 N–H and O–H groups in total. The smallest absolute Gasteiger partial charge is 0.264 e. The van der Waals surface area contributed by atoms with Gasteiger partial charge in [-0.2, -0.15) is 0 Å². The quantitative estimate of drug-likeness (QED) is 0.550. The second kappa shape index (κ2) is 10.1. The first kappa shape index (κ1) is 22.4. The molecule has 0 saturated heterocycles. The van der Waals surface area contributed by atoms with E-state index in [2.05, 4.69) is 5.32 Å². The average Bonchev–Trinajstić information content (AvgIpc) is 2.77. The molecule has 0 heterocycles. The molecule has 3 aromatic carbocycles. The Bertz CT molecular complexity index is 1110. The predicted octanol–water partition coefficient (Wildman–Crippen LogP) is 3.91. The first-order valence-electron chi connectivity index (χ1n) is 10.0. The molecule has 7 heteroatoms. The number of benzene rings is 3. The number of carbonyl (C=O) groups is 1. The Balaban J connectivity index is 1.77. The van der Waals surface area contributed by atoms with Crippen LogP contribution in [0.15, 0.2) is 83.8 Å². The van der Waals surface area contributed by atoms with E-state index in [0.717, 1.165) is 21.2 Å². The number of ether oxygens (including phenoxy) is 1. The number of nitrogens with one attached hydrogen (secondary N) is 1. The fourth-order valence-corrected chi connectivity index (χ4v) is 4.51. The zero-order chi connectivity index (χ0) is 22.3. The van der Waals surface area contributed by atoms with Crippen LogP contribution in [0, 0.1) is 6.92 Å². The van der Waals surface area contributed by atoms with Crippen LogP contribution in [-0.4, -0.2) is 27.5 Å². The number of anilines is 1. The lowest BCUT2D eigenvalue weighted by molar-refractivity contribution is -0.119. The summed E-state index contributed by atoms with van der Waals surface area (Å²) in [7, 11) is -3.90. The summed E-state index contributed by atoms with van der Waals surface area (Å²) in [6, 6.07) is 22.6. The standard InChI is InChI=1S/C24H26N2O4S/c1-3-30-22-14-12-20(13-15-22)17-25-24(27)18-26(21-9-7-8-19(2)16-21)31(28,29)23-10-5-4-6-11-23/h4-16H,3,17-18H2,1-2H3,(H,25,27). The molecule has 162 valence electrons. The third-order valence-corrected chi connectivity index (χ3v) is 6.42. The summed E-state index contributed by atoms with van der Waals surface area (Å²) < 4.78 is 33.1. The van der Waals surface area contributed by atoms with Crippen molar-refractivity contribution in [2.75, 3.05) is 17.5 Å². The van der Waals surface area contributed by atoms with Crippen LogP contribution in [-0.2, 0) is 21.4 Å². The Labute approximate surface area is 183 Å². The lowest BCUT2D eigenvalue weighted by Crippen LogP contribution is -2.40. The molecule has 0 aliphatic heterocycles. The monoisotopic (exact) mass is 438 g/mol. The van der Waals surface area contributed by atoms with Crippen LogP contribution in [0.2, 0.25) is 0 Å². The van der Waals surface area contributed by atoms with E-state index in [1.807, 2.05) is 44.2 Å². The highest BCUT2D eigenvalue weighted by atomic mass is 32.2. The fourth-order valence-electron chi connectivity index (χ4n) is 3.08. The lowest BCUT2D eigenvalue weighted by atomic mass is 10.2. The Morgan fingerprint density at radius 1 is 0.968 bits per heavy atom. The highest BCUT2D eigenvalue weighted by Crippen LogP contribution is 2.24. The van der Waals surface area contributed by atoms with E-state index < -0.39 is 15.9 Å². The largest absolute Gasteiger partial charge is 0.494 e. The van der Waals surface area contributed by atoms with Crippen molar-refractivity contribution in [1.82, 2.24) is 5.32 Å². The molecule has 0 aliphatic rings. The van der Waals surface area contributed by atoms with E-state index in [0.29, 0.717) is 12.3 Å². The van der Waals surface area contributed by atoms with Crippen molar-refractivity contribution in [3.05, 3.63) is 90.0 Å². The summed E-state index contributed by atoms with van der Waals surface area (Å²) in [6.07, 6.45) is 0. The Morgan fingerprint density at radius 2 is 1.68 bits per heavy atom. The van der Waals surface area contributed by atoms with Crippen LogP contribution in [0.4, 0.5) is 5.69 Å². The van der Waals surface area contributed by atoms with Crippen molar-refractivity contribution in [2.24, 2.45) is 0 Å². The molecule has 0 saturated carbocycles. The highest BCUT2D eigenvalue weighted by Gasteiger charge is 2.27. The molecule has 3 rings (SSSR count). The topological polar surface area (TPSA) is 75.7 Å². The maximum atomic E-state index is 13.3. The first-order valence-corrected chi connectivity index (χ1v) is 11.5. The summed E-state index contributed by atoms with van der Waals surface area (Å²) in [5, 5.41) is 2.80. The van der Waals surface area contributed by atoms with Gasteiger partial charge < -0.3 is 10.1 Å². The average molecular weight is 439 g/mol. The molecule has 0 unspecified atom stereocenters. The molecular weight excluding hydrogens is 412 g/mol. The van der Waals surface area contributed by atoms with Crippen molar-refractivity contribution < 1.29 is 17.9 Å². The Hall–Kier alpha value is -3.32. The van der Waals surface area contributed by atoms with Gasteiger partial charge in [0.1, 0.15) is 12.3 Å². The van der Waals surface area contributed by atoms with Crippen molar-refractivity contribution in [3.63, 3.8) is 0 Å². The minimum atomic E-state index is -3.90. The number of nitrogens with zero attached hydrogens (tertiary/aromatic N) is 1. The number of sulfonamides is 1. The molecule has 0 fully saturated rings. The summed E-state index contributed by atoms with van der Waals surface area (Å²) in [4.78, 5) is 12.8. The Morgan fingerprint density at radius 3 is 2.32 bits per heavy atom. The van der Waals surface area contributed by atoms with Crippen molar-refractivity contribution in [1.29, 1.82) is 0 Å². The van der Waals surface area contributed by atoms with E-state index in [9.17, 15) is 13.2 Å². The molecule has 6 nitrogen and oxygen atoms in total. The van der Waals surface area contributed by atoms with Gasteiger partial charge in [-0.15, -0.1) is 0 Å². The number of hydrogen-bond acceptors (Lipinski definition) is 4. The van der Waals surface area contributed by atoms with Gasteiger partial charge in [-0.05, 0) is 61.4 Å². The van der Waals surface area contributed by atoms with Crippen molar-refractivity contribution in [3.8, 4) is 5.75 Å². The normalized spacial score (nSPS) is 11.0. The summed E-state index contributed by atoms with van der Waals surface area (Å²) >= 11 is 0. The summed E-state index contributed by atoms with van der Waals surface area (Å²) in [5.74, 6) is 0.368. The van der Waals surface area contributed by atoms with Gasteiger partial charge in [0.05, 0.1) is 17.2 Å². The molecule has 0 aliphatic carbocycles. The van der Waals surface area contributed by atoms with Gasteiger partial charge in [-0.1, -0.05) is 42.5 Å². The van der Waals surface area contributed by atoms with E-state index >= 15 is 0 Å². The number of hydrogen-bond donors (Lipinski definition) is 1. The van der Waals surface area contributed by atoms with Crippen LogP contribution < -0.4 is 14.4 Å². The van der Waals surface area contributed by atoms with Crippen molar-refractivity contribution >= 4 is 21.6 Å². The van der Waals surface area contributed by atoms with Gasteiger partial charge in [0, 0.05) is 6.54 Å². The maximum absolute atomic E-state index is 13.3. The van der Waals surface area contributed by atoms with Gasteiger partial charge in [0.2, 0.25) is 5.91 Å². The Kier molecular flexibility index (Phi) is 7.31. The molecule has 0 spiro atoms. The van der Waals surface area contributed by atoms with E-state index in [4.69, 9.17) is 4.74 Å². The second-order valence-corrected chi connectivity index (χ2v) is 8.88. The molecule has 0 atom stereocenters. The summed E-state index contributed by atoms with van der Waals surface area (Å²) in [6.45, 7) is 4.34. The lowest BCUT2D eigenvalue weighted by Gasteiger charge is -2.24. The van der Waals surface area contributed by atoms with Crippen LogP contribution in [0.3, 0.4) is 0 Å². The SMILES string of the molecule is CCOc1ccc(CNC(=O)CN(c2cccc(C)c2)S(=O)(=O)c2ccccc2)cc1. The van der Waals surface area contributed by atoms with Gasteiger partial charge >= 0.3 is 0 Å². The number of rotatable bonds is 9. The summed E-state index contributed by atoms with van der Waals surface area (Å²) in [5.41, 5.74) is 2.24. The number of aryl methyl sites for hydroxylation is 1. The molecule has 3 aromatic rings. The van der Waals surface area contributed by atoms with Gasteiger partial charge in [-0.25, -0.2) is 8.42 Å². The van der Waals surface area contributed by atoms with Gasteiger partial charge in [0.25, 0.3) is 10.0 Å². The zero-order valence-corrected chi connectivity index (χ0v) is 18.4. The third-order valence-electron chi connectivity index (χ3n) is 4.63. The second-order valence-electron chi connectivity index (χ2n) is 7.02. The highest BCUT2D eigenvalue weighted by molar-refractivity contribution is 7.92. The third kappa shape index (κ3) is 5.86. The first-order chi connectivity index (χ1) is 14.9. The van der Waals surface area contributed by atoms with Crippen LogP contribution in [0.25, 0.3) is 0 Å². The van der Waals surface area contributed by atoms with Gasteiger partial charge in [0.15, 0.2) is 0 Å². The predicted molar refractivity (Wildman–Crippen MR) is 122 cm³/mol. The van der Waals surface area contributed by atoms with Crippen LogP contribution in [0.1, 0.15) is 18.1 Å². The molecule has 31 heavy (non-hydrogen) atoms. The molecule has 1 amide bonds. The van der Waals surface area contributed by atoms with Crippen LogP contribution in [0.5, 0.6) is 5.75 Å². The molecular formula is C24H26N2O4S. The van der Waals surface area contributed by atoms with Crippen molar-refractivity contribution in [2.45, 2.75) is 25.3 Å². The van der Waals surface area contributed by atoms with E-state index in [-0.39, 0.29) is 18.0 Å². The maximum Gasteiger partial charge on any atom is 0.264 e.